The Morgan fingerprint density at radius 1 is 0.970 bits per heavy atom. The van der Waals surface area contributed by atoms with Gasteiger partial charge in [0.2, 0.25) is 0 Å². The lowest BCUT2D eigenvalue weighted by Gasteiger charge is -2.45. The molecule has 0 radical (unpaired) electrons. The highest BCUT2D eigenvalue weighted by Gasteiger charge is 2.38. The van der Waals surface area contributed by atoms with Crippen LogP contribution in [0.25, 0.3) is 0 Å². The van der Waals surface area contributed by atoms with Crippen molar-refractivity contribution in [2.75, 3.05) is 25.1 Å². The van der Waals surface area contributed by atoms with Crippen molar-refractivity contribution in [1.82, 2.24) is 4.90 Å². The summed E-state index contributed by atoms with van der Waals surface area (Å²) in [5.74, 6) is -1.37. The van der Waals surface area contributed by atoms with Crippen molar-refractivity contribution < 1.29 is 18.3 Å². The zero-order chi connectivity index (χ0) is 23.9. The number of nitrogens with two attached hydrogens (primary N) is 1. The highest BCUT2D eigenvalue weighted by Crippen LogP contribution is 2.42. The lowest BCUT2D eigenvalue weighted by Crippen LogP contribution is -2.47. The molecule has 4 rings (SSSR count). The molecule has 0 unspecified atom stereocenters. The van der Waals surface area contributed by atoms with Crippen LogP contribution in [0.2, 0.25) is 10.0 Å². The Labute approximate surface area is 202 Å². The third kappa shape index (κ3) is 4.73. The summed E-state index contributed by atoms with van der Waals surface area (Å²) in [6.45, 7) is 1.15. The number of sulfone groups is 1. The van der Waals surface area contributed by atoms with E-state index >= 15 is 0 Å². The fraction of sp³-hybridized carbons (Fsp3) is 0.208. The smallest absolute Gasteiger partial charge is 0.337 e. The summed E-state index contributed by atoms with van der Waals surface area (Å²) in [5.41, 5.74) is 8.20. The second-order valence-electron chi connectivity index (χ2n) is 8.18. The van der Waals surface area contributed by atoms with E-state index in [0.717, 1.165) is 17.4 Å². The number of halogens is 2. The second-order valence-corrected chi connectivity index (χ2v) is 11.0. The lowest BCUT2D eigenvalue weighted by molar-refractivity contribution is 0.0697. The third-order valence-electron chi connectivity index (χ3n) is 5.91. The van der Waals surface area contributed by atoms with E-state index in [2.05, 4.69) is 4.90 Å². The molecule has 1 aliphatic heterocycles. The third-order valence-corrected chi connectivity index (χ3v) is 7.62. The van der Waals surface area contributed by atoms with Crippen LogP contribution in [0.15, 0.2) is 65.6 Å². The highest BCUT2D eigenvalue weighted by atomic mass is 35.5. The first kappa shape index (κ1) is 23.6. The number of carboxylic acid groups (broad SMARTS) is 1. The number of rotatable bonds is 6. The van der Waals surface area contributed by atoms with Gasteiger partial charge in [-0.25, -0.2) is 13.2 Å². The van der Waals surface area contributed by atoms with Gasteiger partial charge in [-0.15, -0.1) is 0 Å². The molecule has 33 heavy (non-hydrogen) atoms. The molecule has 0 spiro atoms. The van der Waals surface area contributed by atoms with Gasteiger partial charge < -0.3 is 10.8 Å². The maximum atomic E-state index is 12.5. The van der Waals surface area contributed by atoms with Gasteiger partial charge in [-0.05, 0) is 47.0 Å². The molecule has 0 aliphatic carbocycles. The minimum atomic E-state index is -3.73. The standard InChI is InChI=1S/C24H22Cl2N2O4S/c1-33(31,32)23-19(10-11-20(21(23)27)24(29)30)16-12-28(13-16)22(14-2-6-17(25)7-3-14)15-4-8-18(26)9-5-15/h2-11,16,22H,12-13,27H2,1H3,(H,29,30). The van der Waals surface area contributed by atoms with Crippen molar-refractivity contribution in [3.8, 4) is 0 Å². The number of nitrogen functional groups attached to an aromatic ring is 1. The van der Waals surface area contributed by atoms with Crippen LogP contribution in [0.3, 0.4) is 0 Å². The number of benzene rings is 3. The van der Waals surface area contributed by atoms with E-state index in [0.29, 0.717) is 28.7 Å². The molecule has 1 heterocycles. The van der Waals surface area contributed by atoms with Crippen molar-refractivity contribution in [2.45, 2.75) is 16.9 Å². The largest absolute Gasteiger partial charge is 0.478 e. The first-order valence-electron chi connectivity index (χ1n) is 10.2. The Hall–Kier alpha value is -2.58. The van der Waals surface area contributed by atoms with Crippen molar-refractivity contribution in [3.05, 3.63) is 93.0 Å². The molecule has 0 saturated carbocycles. The maximum Gasteiger partial charge on any atom is 0.337 e. The molecule has 1 aliphatic rings. The number of anilines is 1. The van der Waals surface area contributed by atoms with E-state index in [1.54, 1.807) is 6.07 Å². The summed E-state index contributed by atoms with van der Waals surface area (Å²) in [6, 6.07) is 18.1. The lowest BCUT2D eigenvalue weighted by atomic mass is 9.85. The van der Waals surface area contributed by atoms with Crippen LogP contribution in [0, 0.1) is 0 Å². The quantitative estimate of drug-likeness (QED) is 0.464. The second kappa shape index (κ2) is 8.99. The predicted molar refractivity (Wildman–Crippen MR) is 130 cm³/mol. The number of nitrogens with zero attached hydrogens (tertiary/aromatic N) is 1. The highest BCUT2D eigenvalue weighted by molar-refractivity contribution is 7.91. The van der Waals surface area contributed by atoms with E-state index < -0.39 is 15.8 Å². The fourth-order valence-electron chi connectivity index (χ4n) is 4.36. The Morgan fingerprint density at radius 3 is 1.88 bits per heavy atom. The van der Waals surface area contributed by atoms with E-state index in [-0.39, 0.29) is 28.1 Å². The van der Waals surface area contributed by atoms with Crippen LogP contribution in [0.4, 0.5) is 5.69 Å². The van der Waals surface area contributed by atoms with Gasteiger partial charge in [0.25, 0.3) is 0 Å². The SMILES string of the molecule is CS(=O)(=O)c1c(C2CN(C(c3ccc(Cl)cc3)c3ccc(Cl)cc3)C2)ccc(C(=O)O)c1N. The molecule has 0 amide bonds. The van der Waals surface area contributed by atoms with Crippen molar-refractivity contribution in [3.63, 3.8) is 0 Å². The van der Waals surface area contributed by atoms with Gasteiger partial charge >= 0.3 is 5.97 Å². The molecule has 6 nitrogen and oxygen atoms in total. The van der Waals surface area contributed by atoms with Crippen LogP contribution in [-0.2, 0) is 9.84 Å². The normalized spacial score (nSPS) is 14.9. The summed E-state index contributed by atoms with van der Waals surface area (Å²) >= 11 is 12.2. The molecule has 1 fully saturated rings. The van der Waals surface area contributed by atoms with Gasteiger partial charge in [-0.3, -0.25) is 4.90 Å². The molecule has 0 atom stereocenters. The molecule has 0 bridgehead atoms. The average Bonchev–Trinajstić information content (AvgIpc) is 2.70. The summed E-state index contributed by atoms with van der Waals surface area (Å²) in [7, 11) is -3.73. The molecule has 1 saturated heterocycles. The molecule has 3 aromatic rings. The summed E-state index contributed by atoms with van der Waals surface area (Å²) in [5, 5.41) is 10.6. The zero-order valence-electron chi connectivity index (χ0n) is 17.7. The number of hydrogen-bond donors (Lipinski definition) is 2. The Kier molecular flexibility index (Phi) is 6.42. The van der Waals surface area contributed by atoms with Crippen molar-refractivity contribution >= 4 is 44.7 Å². The van der Waals surface area contributed by atoms with Gasteiger partial charge in [0.05, 0.1) is 22.2 Å². The van der Waals surface area contributed by atoms with Crippen LogP contribution in [0.1, 0.15) is 39.0 Å². The van der Waals surface area contributed by atoms with E-state index in [9.17, 15) is 18.3 Å². The van der Waals surface area contributed by atoms with Gasteiger partial charge in [-0.1, -0.05) is 53.5 Å². The Bertz CT molecular complexity index is 1260. The van der Waals surface area contributed by atoms with Crippen LogP contribution >= 0.6 is 23.2 Å². The van der Waals surface area contributed by atoms with Crippen LogP contribution in [-0.4, -0.2) is 43.7 Å². The molecule has 172 valence electrons. The van der Waals surface area contributed by atoms with E-state index in [4.69, 9.17) is 28.9 Å². The summed E-state index contributed by atoms with van der Waals surface area (Å²) in [6.07, 6.45) is 1.05. The molecular formula is C24H22Cl2N2O4S. The number of likely N-dealkylation sites (tertiary alicyclic amines) is 1. The monoisotopic (exact) mass is 504 g/mol. The Balaban J connectivity index is 1.69. The molecule has 3 N–H and O–H groups in total. The van der Waals surface area contributed by atoms with Gasteiger partial charge in [0, 0.05) is 35.3 Å². The fourth-order valence-corrected chi connectivity index (χ4v) is 5.79. The number of carboxylic acids is 1. The number of hydrogen-bond acceptors (Lipinski definition) is 5. The number of carbonyl (C=O) groups is 1. The van der Waals surface area contributed by atoms with E-state index in [1.165, 1.54) is 6.07 Å². The maximum absolute atomic E-state index is 12.5. The summed E-state index contributed by atoms with van der Waals surface area (Å²) in [4.78, 5) is 13.6. The molecular weight excluding hydrogens is 483 g/mol. The summed E-state index contributed by atoms with van der Waals surface area (Å²) < 4.78 is 25.0. The topological polar surface area (TPSA) is 101 Å². The minimum Gasteiger partial charge on any atom is -0.478 e. The van der Waals surface area contributed by atoms with Crippen LogP contribution in [0.5, 0.6) is 0 Å². The van der Waals surface area contributed by atoms with E-state index in [1.807, 2.05) is 48.5 Å². The predicted octanol–water partition coefficient (Wildman–Crippen LogP) is 4.87. The van der Waals surface area contributed by atoms with Gasteiger partial charge in [0.15, 0.2) is 9.84 Å². The molecule has 0 aromatic heterocycles. The number of aromatic carboxylic acids is 1. The van der Waals surface area contributed by atoms with Crippen LogP contribution < -0.4 is 5.73 Å². The Morgan fingerprint density at radius 2 is 1.45 bits per heavy atom. The molecule has 9 heteroatoms. The average molecular weight is 505 g/mol. The van der Waals surface area contributed by atoms with Gasteiger partial charge in [0.1, 0.15) is 0 Å². The van der Waals surface area contributed by atoms with Crippen molar-refractivity contribution in [1.29, 1.82) is 0 Å². The first-order chi connectivity index (χ1) is 15.6. The molecule has 3 aromatic carbocycles. The van der Waals surface area contributed by atoms with Crippen molar-refractivity contribution in [2.24, 2.45) is 0 Å². The first-order valence-corrected chi connectivity index (χ1v) is 12.8. The van der Waals surface area contributed by atoms with Gasteiger partial charge in [-0.2, -0.15) is 0 Å². The zero-order valence-corrected chi connectivity index (χ0v) is 20.0. The minimum absolute atomic E-state index is 0.0758.